The average molecular weight is 637 g/mol. The molecule has 0 saturated carbocycles. The molecule has 0 radical (unpaired) electrons. The minimum Gasteiger partial charge on any atom is -0.206 e. The first-order valence-electron chi connectivity index (χ1n) is 17.0. The molecule has 0 spiro atoms. The van der Waals surface area contributed by atoms with Crippen molar-refractivity contribution in [3.05, 3.63) is 91.8 Å². The minimum absolute atomic E-state index is 0.229. The molecule has 0 saturated heterocycles. The van der Waals surface area contributed by atoms with Gasteiger partial charge in [0.15, 0.2) is 0 Å². The third-order valence-corrected chi connectivity index (χ3v) is 10.6. The van der Waals surface area contributed by atoms with Crippen LogP contribution in [0.25, 0.3) is 23.8 Å². The zero-order valence-corrected chi connectivity index (χ0v) is 30.9. The van der Waals surface area contributed by atoms with Gasteiger partial charge in [-0.25, -0.2) is 4.39 Å². The second-order valence-electron chi connectivity index (χ2n) is 13.6. The highest BCUT2D eigenvalue weighted by atomic mass is 35.5. The number of halogens is 2. The molecule has 2 aromatic rings. The predicted molar refractivity (Wildman–Crippen MR) is 201 cm³/mol. The van der Waals surface area contributed by atoms with Crippen LogP contribution in [0.4, 0.5) is 4.39 Å². The summed E-state index contributed by atoms with van der Waals surface area (Å²) in [6.07, 6.45) is 14.1. The number of rotatable bonds is 13. The predicted octanol–water partition coefficient (Wildman–Crippen LogP) is 12.4. The van der Waals surface area contributed by atoms with Gasteiger partial charge in [-0.3, -0.25) is 0 Å². The van der Waals surface area contributed by atoms with Gasteiger partial charge in [0.25, 0.3) is 0 Å². The summed E-state index contributed by atoms with van der Waals surface area (Å²) in [4.78, 5) is 0. The smallest absolute Gasteiger partial charge is 0.131 e. The zero-order valence-electron chi connectivity index (χ0n) is 29.1. The van der Waals surface area contributed by atoms with Crippen molar-refractivity contribution in [3.63, 3.8) is 0 Å². The summed E-state index contributed by atoms with van der Waals surface area (Å²) < 4.78 is 15.0. The van der Waals surface area contributed by atoms with Gasteiger partial charge in [0.2, 0.25) is 0 Å². The largest absolute Gasteiger partial charge is 0.206 e. The van der Waals surface area contributed by atoms with Crippen molar-refractivity contribution in [2.45, 2.75) is 107 Å². The first-order valence-corrected chi connectivity index (χ1v) is 18.6. The molecule has 0 amide bonds. The number of allylic oxidation sites excluding steroid dienone is 5. The highest BCUT2D eigenvalue weighted by molar-refractivity contribution is 7.42. The quantitative estimate of drug-likeness (QED) is 0.192. The number of hydrogen-bond donors (Lipinski definition) is 0. The molecule has 2 aromatic carbocycles. The third kappa shape index (κ3) is 12.4. The van der Waals surface area contributed by atoms with Gasteiger partial charge >= 0.3 is 0 Å². The molecule has 0 aromatic heterocycles. The van der Waals surface area contributed by atoms with Gasteiger partial charge in [0.05, 0.1) is 0 Å². The van der Waals surface area contributed by atoms with Crippen LogP contribution in [-0.4, -0.2) is 6.16 Å². The molecule has 3 unspecified atom stereocenters. The van der Waals surface area contributed by atoms with Gasteiger partial charge in [0, 0.05) is 10.6 Å². The van der Waals surface area contributed by atoms with Gasteiger partial charge in [-0.2, -0.15) is 0 Å². The molecule has 242 valence electrons. The molecule has 1 heterocycles. The third-order valence-electron chi connectivity index (χ3n) is 9.11. The van der Waals surface area contributed by atoms with E-state index in [9.17, 15) is 4.39 Å². The molecule has 44 heavy (non-hydrogen) atoms. The van der Waals surface area contributed by atoms with Gasteiger partial charge in [-0.05, 0) is 107 Å². The van der Waals surface area contributed by atoms with E-state index in [1.54, 1.807) is 12.1 Å². The summed E-state index contributed by atoms with van der Waals surface area (Å²) >= 11 is 6.29. The maximum absolute atomic E-state index is 15.0. The molecule has 0 nitrogen and oxygen atoms in total. The topological polar surface area (TPSA) is 0 Å². The molecular weight excluding hydrogens is 578 g/mol. The van der Waals surface area contributed by atoms with Crippen LogP contribution in [0.3, 0.4) is 0 Å². The number of hydrogen-bond acceptors (Lipinski definition) is 0. The van der Waals surface area contributed by atoms with Gasteiger partial charge in [-0.15, -0.1) is 0 Å². The van der Waals surface area contributed by atoms with Crippen molar-refractivity contribution >= 4 is 44.0 Å². The first-order chi connectivity index (χ1) is 20.9. The van der Waals surface area contributed by atoms with E-state index in [1.807, 2.05) is 0 Å². The standard InChI is InChI=1S/C35H45ClFP.C6H14/c1-7-9-10-28(15-13-25(4)12-11-24(3)8-2)19-30-20-29(16-14-26(30)5)33-23-38-22-27(6)35(33)32-21-31(36)17-18-34(32)37;1-5(2)6(3)4/h10,14,16-21,23-25,38H,5,7-9,11-13,15,22H2,1-4,6H3;5-6H,1-4H3/b28-10-,30-19-;. The summed E-state index contributed by atoms with van der Waals surface area (Å²) in [7, 11) is 0.685. The molecule has 0 N–H and O–H groups in total. The lowest BCUT2D eigenvalue weighted by Gasteiger charge is -2.22. The lowest BCUT2D eigenvalue weighted by Crippen LogP contribution is -2.23. The maximum atomic E-state index is 15.0. The van der Waals surface area contributed by atoms with Crippen LogP contribution in [0.1, 0.15) is 118 Å². The van der Waals surface area contributed by atoms with E-state index in [4.69, 9.17) is 11.6 Å². The van der Waals surface area contributed by atoms with Crippen LogP contribution in [0, 0.1) is 29.5 Å². The van der Waals surface area contributed by atoms with Crippen LogP contribution in [0.15, 0.2) is 59.4 Å². The lowest BCUT2D eigenvalue weighted by molar-refractivity contribution is 0.407. The summed E-state index contributed by atoms with van der Waals surface area (Å²) in [6.45, 7) is 24.7. The Bertz CT molecular complexity index is 1390. The Hall–Kier alpha value is -1.95. The van der Waals surface area contributed by atoms with E-state index in [0.29, 0.717) is 19.2 Å². The molecule has 3 atom stereocenters. The van der Waals surface area contributed by atoms with E-state index >= 15 is 0 Å². The fraction of sp³-hybridized carbons (Fsp3) is 0.512. The Morgan fingerprint density at radius 1 is 0.955 bits per heavy atom. The van der Waals surface area contributed by atoms with Crippen molar-refractivity contribution in [3.8, 4) is 0 Å². The minimum atomic E-state index is -0.229. The highest BCUT2D eigenvalue weighted by Gasteiger charge is 2.20. The van der Waals surface area contributed by atoms with Crippen molar-refractivity contribution in [1.29, 1.82) is 0 Å². The molecule has 0 bridgehead atoms. The normalized spacial score (nSPS) is 16.3. The molecular formula is C41H59ClFP. The van der Waals surface area contributed by atoms with E-state index in [0.717, 1.165) is 76.2 Å². The fourth-order valence-corrected chi connectivity index (χ4v) is 6.25. The van der Waals surface area contributed by atoms with Crippen LogP contribution in [0.5, 0.6) is 0 Å². The van der Waals surface area contributed by atoms with E-state index in [1.165, 1.54) is 42.9 Å². The molecule has 1 aliphatic rings. The monoisotopic (exact) mass is 636 g/mol. The van der Waals surface area contributed by atoms with Crippen molar-refractivity contribution in [2.75, 3.05) is 6.16 Å². The summed E-state index contributed by atoms with van der Waals surface area (Å²) in [5.41, 5.74) is 6.38. The van der Waals surface area contributed by atoms with Crippen LogP contribution in [0.2, 0.25) is 5.02 Å². The van der Waals surface area contributed by atoms with E-state index < -0.39 is 0 Å². The summed E-state index contributed by atoms with van der Waals surface area (Å²) in [6, 6.07) is 11.3. The Morgan fingerprint density at radius 2 is 1.64 bits per heavy atom. The van der Waals surface area contributed by atoms with Crippen molar-refractivity contribution in [2.24, 2.45) is 23.7 Å². The molecule has 1 aliphatic heterocycles. The van der Waals surface area contributed by atoms with Crippen LogP contribution < -0.4 is 10.4 Å². The Balaban J connectivity index is 0.00000102. The Morgan fingerprint density at radius 3 is 2.27 bits per heavy atom. The van der Waals surface area contributed by atoms with Gasteiger partial charge in [0.1, 0.15) is 5.82 Å². The molecule has 3 rings (SSSR count). The second-order valence-corrected chi connectivity index (χ2v) is 15.1. The summed E-state index contributed by atoms with van der Waals surface area (Å²) in [5.74, 6) is 5.29. The SMILES string of the molecule is C=c1ccc(C2=CPCC(C)=C2c2cc(Cl)ccc2F)c/c1=C/C(=C\CCC)CCC(C)CCC(C)CC.CC(C)C(C)C. The molecule has 0 fully saturated rings. The van der Waals surface area contributed by atoms with Gasteiger partial charge < -0.3 is 0 Å². The van der Waals surface area contributed by atoms with Crippen molar-refractivity contribution in [1.82, 2.24) is 0 Å². The summed E-state index contributed by atoms with van der Waals surface area (Å²) in [5, 5.41) is 2.73. The number of unbranched alkanes of at least 4 members (excludes halogenated alkanes) is 1. The molecule has 3 heteroatoms. The maximum Gasteiger partial charge on any atom is 0.131 e. The zero-order chi connectivity index (χ0) is 32.8. The Kier molecular flexibility index (Phi) is 17.0. The van der Waals surface area contributed by atoms with Gasteiger partial charge in [-0.1, -0.05) is 149 Å². The fourth-order valence-electron chi connectivity index (χ4n) is 4.98. The van der Waals surface area contributed by atoms with Crippen LogP contribution >= 0.6 is 20.2 Å². The first kappa shape index (κ1) is 38.2. The molecule has 0 aliphatic carbocycles. The van der Waals surface area contributed by atoms with Crippen LogP contribution in [-0.2, 0) is 0 Å². The van der Waals surface area contributed by atoms with Crippen molar-refractivity contribution < 1.29 is 4.39 Å². The lowest BCUT2D eigenvalue weighted by atomic mass is 9.89. The van der Waals surface area contributed by atoms with E-state index in [2.05, 4.69) is 105 Å². The van der Waals surface area contributed by atoms with E-state index in [-0.39, 0.29) is 5.82 Å². The highest BCUT2D eigenvalue weighted by Crippen LogP contribution is 2.43. The average Bonchev–Trinajstić information content (AvgIpc) is 2.99. The second kappa shape index (κ2) is 19.5. The Labute approximate surface area is 276 Å². The number of benzene rings is 2.